The Morgan fingerprint density at radius 3 is 1.45 bits per heavy atom. The molecule has 1 aromatic carbocycles. The first-order chi connectivity index (χ1) is 9.90. The van der Waals surface area contributed by atoms with Crippen molar-refractivity contribution in [2.75, 3.05) is 0 Å². The maximum atomic E-state index is 4.44. The topological polar surface area (TPSA) is 24.7 Å². The van der Waals surface area contributed by atoms with Crippen LogP contribution < -0.4 is 0 Å². The minimum Gasteiger partial charge on any atom is -0.255 e. The lowest BCUT2D eigenvalue weighted by Crippen LogP contribution is -1.73. The quantitative estimate of drug-likeness (QED) is 0.583. The Morgan fingerprint density at radius 2 is 1.10 bits per heavy atom. The van der Waals surface area contributed by atoms with E-state index in [1.807, 2.05) is 71.7 Å². The minimum atomic E-state index is 0.938. The van der Waals surface area contributed by atoms with E-state index in [-0.39, 0.29) is 0 Å². The fraction of sp³-hybridized carbons (Fsp3) is 0. The average molecular weight is 296 g/mol. The number of rotatable bonds is 4. The second kappa shape index (κ2) is 6.41. The van der Waals surface area contributed by atoms with Gasteiger partial charge in [-0.1, -0.05) is 12.1 Å². The summed E-state index contributed by atoms with van der Waals surface area (Å²) in [6, 6.07) is 16.1. The third-order valence-electron chi connectivity index (χ3n) is 2.62. The molecule has 0 unspecified atom stereocenters. The summed E-state index contributed by atoms with van der Waals surface area (Å²) in [5.41, 5.74) is 1.88. The summed E-state index contributed by atoms with van der Waals surface area (Å²) in [5, 5.41) is 4.09. The summed E-state index contributed by atoms with van der Waals surface area (Å²) in [7, 11) is 0. The Kier molecular flexibility index (Phi) is 4.16. The van der Waals surface area contributed by atoms with Crippen molar-refractivity contribution in [2.24, 2.45) is 9.98 Å². The van der Waals surface area contributed by atoms with Gasteiger partial charge in [0.25, 0.3) is 0 Å². The van der Waals surface area contributed by atoms with Crippen molar-refractivity contribution < 1.29 is 0 Å². The van der Waals surface area contributed by atoms with Crippen molar-refractivity contribution in [3.05, 3.63) is 69.0 Å². The molecule has 0 aliphatic heterocycles. The number of hydrogen-bond acceptors (Lipinski definition) is 4. The zero-order chi connectivity index (χ0) is 13.6. The lowest BCUT2D eigenvalue weighted by Gasteiger charge is -1.95. The van der Waals surface area contributed by atoms with E-state index in [1.54, 1.807) is 22.7 Å². The molecule has 98 valence electrons. The normalized spacial score (nSPS) is 11.6. The van der Waals surface area contributed by atoms with E-state index in [0.717, 1.165) is 21.1 Å². The van der Waals surface area contributed by atoms with Crippen LogP contribution in [-0.2, 0) is 0 Å². The van der Waals surface area contributed by atoms with Crippen LogP contribution in [0.2, 0.25) is 0 Å². The molecule has 2 aromatic heterocycles. The molecule has 0 aliphatic rings. The van der Waals surface area contributed by atoms with Gasteiger partial charge in [0, 0.05) is 22.2 Å². The van der Waals surface area contributed by atoms with Gasteiger partial charge >= 0.3 is 0 Å². The first kappa shape index (κ1) is 13.0. The number of thiophene rings is 2. The van der Waals surface area contributed by atoms with Crippen LogP contribution in [0.25, 0.3) is 0 Å². The van der Waals surface area contributed by atoms with Gasteiger partial charge in [-0.05, 0) is 47.2 Å². The van der Waals surface area contributed by atoms with E-state index in [9.17, 15) is 0 Å². The van der Waals surface area contributed by atoms with Gasteiger partial charge in [-0.2, -0.15) is 0 Å². The number of aliphatic imine (C=N–C) groups is 2. The summed E-state index contributed by atoms with van der Waals surface area (Å²) in [6.07, 6.45) is 3.77. The molecule has 2 nitrogen and oxygen atoms in total. The molecule has 0 bridgehead atoms. The minimum absolute atomic E-state index is 0.938. The molecule has 0 saturated carbocycles. The van der Waals surface area contributed by atoms with Crippen molar-refractivity contribution in [1.29, 1.82) is 0 Å². The maximum absolute atomic E-state index is 4.44. The van der Waals surface area contributed by atoms with Gasteiger partial charge in [0.1, 0.15) is 0 Å². The van der Waals surface area contributed by atoms with E-state index >= 15 is 0 Å². The number of nitrogens with zero attached hydrogens (tertiary/aromatic N) is 2. The fourth-order valence-corrected chi connectivity index (χ4v) is 2.80. The fourth-order valence-electron chi connectivity index (χ4n) is 1.63. The zero-order valence-corrected chi connectivity index (χ0v) is 12.3. The molecule has 0 spiro atoms. The van der Waals surface area contributed by atoms with Crippen LogP contribution in [0.3, 0.4) is 0 Å². The predicted octanol–water partition coefficient (Wildman–Crippen LogP) is 5.31. The van der Waals surface area contributed by atoms with Crippen LogP contribution in [0.15, 0.2) is 69.3 Å². The molecule has 0 amide bonds. The van der Waals surface area contributed by atoms with E-state index < -0.39 is 0 Å². The Balaban J connectivity index is 1.68. The maximum Gasteiger partial charge on any atom is 0.0631 e. The van der Waals surface area contributed by atoms with Crippen molar-refractivity contribution in [3.8, 4) is 0 Å². The van der Waals surface area contributed by atoms with Crippen molar-refractivity contribution in [1.82, 2.24) is 0 Å². The summed E-state index contributed by atoms with van der Waals surface area (Å²) < 4.78 is 0. The van der Waals surface area contributed by atoms with E-state index in [0.29, 0.717) is 0 Å². The van der Waals surface area contributed by atoms with Gasteiger partial charge in [0.2, 0.25) is 0 Å². The van der Waals surface area contributed by atoms with Gasteiger partial charge in [-0.3, -0.25) is 9.98 Å². The number of benzene rings is 1. The monoisotopic (exact) mass is 296 g/mol. The molecule has 0 aliphatic carbocycles. The zero-order valence-electron chi connectivity index (χ0n) is 10.6. The van der Waals surface area contributed by atoms with Crippen LogP contribution in [0.5, 0.6) is 0 Å². The van der Waals surface area contributed by atoms with Gasteiger partial charge in [-0.25, -0.2) is 0 Å². The van der Waals surface area contributed by atoms with Gasteiger partial charge < -0.3 is 0 Å². The number of hydrogen-bond donors (Lipinski definition) is 0. The predicted molar refractivity (Wildman–Crippen MR) is 89.6 cm³/mol. The lowest BCUT2D eigenvalue weighted by atomic mass is 10.3. The standard InChI is InChI=1S/C16H12N2S2/c1-3-15(19-9-1)11-17-13-5-7-14(8-6-13)18-12-16-4-2-10-20-16/h1-12H. The highest BCUT2D eigenvalue weighted by molar-refractivity contribution is 7.12. The Morgan fingerprint density at radius 1 is 0.650 bits per heavy atom. The summed E-state index contributed by atoms with van der Waals surface area (Å²) >= 11 is 3.36. The second-order valence-electron chi connectivity index (χ2n) is 4.06. The second-order valence-corrected chi connectivity index (χ2v) is 6.02. The SMILES string of the molecule is C(=Nc1ccc(N=Cc2cccs2)cc1)c1cccs1. The summed E-state index contributed by atoms with van der Waals surface area (Å²) in [5.74, 6) is 0. The summed E-state index contributed by atoms with van der Waals surface area (Å²) in [4.78, 5) is 11.2. The molecule has 20 heavy (non-hydrogen) atoms. The van der Waals surface area contributed by atoms with Crippen LogP contribution in [0.4, 0.5) is 11.4 Å². The Labute approximate surface area is 125 Å². The first-order valence-electron chi connectivity index (χ1n) is 6.15. The largest absolute Gasteiger partial charge is 0.255 e. The van der Waals surface area contributed by atoms with Gasteiger partial charge in [-0.15, -0.1) is 22.7 Å². The first-order valence-corrected chi connectivity index (χ1v) is 7.91. The molecule has 0 radical (unpaired) electrons. The smallest absolute Gasteiger partial charge is 0.0631 e. The van der Waals surface area contributed by atoms with Crippen molar-refractivity contribution >= 4 is 46.5 Å². The van der Waals surface area contributed by atoms with Gasteiger partial charge in [0.05, 0.1) is 11.4 Å². The Bertz CT molecular complexity index is 630. The average Bonchev–Trinajstić information content (AvgIpc) is 3.17. The van der Waals surface area contributed by atoms with Crippen LogP contribution in [-0.4, -0.2) is 12.4 Å². The van der Waals surface area contributed by atoms with Gasteiger partial charge in [0.15, 0.2) is 0 Å². The van der Waals surface area contributed by atoms with Crippen LogP contribution in [0, 0.1) is 0 Å². The molecular weight excluding hydrogens is 284 g/mol. The molecular formula is C16H12N2S2. The molecule has 0 fully saturated rings. The molecule has 3 aromatic rings. The molecule has 0 N–H and O–H groups in total. The summed E-state index contributed by atoms with van der Waals surface area (Å²) in [6.45, 7) is 0. The third kappa shape index (κ3) is 3.50. The van der Waals surface area contributed by atoms with Crippen molar-refractivity contribution in [2.45, 2.75) is 0 Å². The Hall–Kier alpha value is -2.04. The highest BCUT2D eigenvalue weighted by atomic mass is 32.1. The van der Waals surface area contributed by atoms with E-state index in [1.165, 1.54) is 0 Å². The van der Waals surface area contributed by atoms with E-state index in [4.69, 9.17) is 0 Å². The lowest BCUT2D eigenvalue weighted by molar-refractivity contribution is 1.49. The molecule has 0 saturated heterocycles. The highest BCUT2D eigenvalue weighted by Gasteiger charge is 1.92. The molecule has 4 heteroatoms. The van der Waals surface area contributed by atoms with Crippen LogP contribution >= 0.6 is 22.7 Å². The van der Waals surface area contributed by atoms with Crippen LogP contribution in [0.1, 0.15) is 9.75 Å². The molecule has 2 heterocycles. The molecule has 0 atom stereocenters. The molecule has 3 rings (SSSR count). The third-order valence-corrected chi connectivity index (χ3v) is 4.23. The van der Waals surface area contributed by atoms with Crippen molar-refractivity contribution in [3.63, 3.8) is 0 Å². The highest BCUT2D eigenvalue weighted by Crippen LogP contribution is 2.19. The van der Waals surface area contributed by atoms with E-state index in [2.05, 4.69) is 9.98 Å².